The van der Waals surface area contributed by atoms with Gasteiger partial charge in [0.2, 0.25) is 0 Å². The lowest BCUT2D eigenvalue weighted by Crippen LogP contribution is -2.35. The van der Waals surface area contributed by atoms with Gasteiger partial charge in [-0.05, 0) is 13.3 Å². The van der Waals surface area contributed by atoms with Crippen molar-refractivity contribution in [3.63, 3.8) is 0 Å². The van der Waals surface area contributed by atoms with Gasteiger partial charge in [-0.15, -0.1) is 0 Å². The second kappa shape index (κ2) is 6.73. The molecule has 96 valence electrons. The molecule has 0 aliphatic heterocycles. The van der Waals surface area contributed by atoms with Crippen molar-refractivity contribution < 1.29 is 27.8 Å². The number of rotatable bonds is 7. The standard InChI is InChI=1S/C10H17F3O3/c1-3-4-5-7(2)16-6-8(9(14)15)10(11,12)13/h7-8H,3-6H2,1-2H3,(H,14,15). The average molecular weight is 242 g/mol. The van der Waals surface area contributed by atoms with Crippen LogP contribution in [0.2, 0.25) is 0 Å². The van der Waals surface area contributed by atoms with Crippen molar-refractivity contribution >= 4 is 5.97 Å². The minimum atomic E-state index is -4.75. The number of aliphatic carboxylic acids is 1. The quantitative estimate of drug-likeness (QED) is 0.746. The Morgan fingerprint density at radius 3 is 2.38 bits per heavy atom. The van der Waals surface area contributed by atoms with Crippen molar-refractivity contribution in [2.24, 2.45) is 5.92 Å². The van der Waals surface area contributed by atoms with Gasteiger partial charge in [-0.1, -0.05) is 19.8 Å². The normalized spacial score (nSPS) is 15.8. The molecule has 0 radical (unpaired) electrons. The fourth-order valence-corrected chi connectivity index (χ4v) is 1.14. The van der Waals surface area contributed by atoms with E-state index >= 15 is 0 Å². The summed E-state index contributed by atoms with van der Waals surface area (Å²) in [5.41, 5.74) is 0. The second-order valence-electron chi connectivity index (χ2n) is 3.72. The van der Waals surface area contributed by atoms with Gasteiger partial charge in [0.1, 0.15) is 0 Å². The van der Waals surface area contributed by atoms with Gasteiger partial charge in [-0.2, -0.15) is 13.2 Å². The molecule has 6 heteroatoms. The van der Waals surface area contributed by atoms with Gasteiger partial charge in [0, 0.05) is 0 Å². The van der Waals surface area contributed by atoms with Crippen molar-refractivity contribution in [2.45, 2.75) is 45.4 Å². The van der Waals surface area contributed by atoms with Crippen molar-refractivity contribution in [2.75, 3.05) is 6.61 Å². The van der Waals surface area contributed by atoms with Crippen LogP contribution in [0.15, 0.2) is 0 Å². The summed E-state index contributed by atoms with van der Waals surface area (Å²) in [5.74, 6) is -4.33. The molecule has 0 amide bonds. The van der Waals surface area contributed by atoms with E-state index in [-0.39, 0.29) is 6.10 Å². The lowest BCUT2D eigenvalue weighted by molar-refractivity contribution is -0.205. The molecule has 0 saturated heterocycles. The fourth-order valence-electron chi connectivity index (χ4n) is 1.14. The van der Waals surface area contributed by atoms with Crippen LogP contribution in [0.1, 0.15) is 33.1 Å². The number of carboxylic acids is 1. The Morgan fingerprint density at radius 1 is 1.44 bits per heavy atom. The summed E-state index contributed by atoms with van der Waals surface area (Å²) in [6.45, 7) is 2.79. The first-order valence-corrected chi connectivity index (χ1v) is 5.20. The van der Waals surface area contributed by atoms with E-state index in [4.69, 9.17) is 9.84 Å². The molecule has 3 nitrogen and oxygen atoms in total. The fraction of sp³-hybridized carbons (Fsp3) is 0.900. The molecule has 2 atom stereocenters. The van der Waals surface area contributed by atoms with Crippen molar-refractivity contribution in [1.29, 1.82) is 0 Å². The molecule has 0 heterocycles. The Labute approximate surface area is 92.6 Å². The van der Waals surface area contributed by atoms with Gasteiger partial charge in [0.25, 0.3) is 0 Å². The van der Waals surface area contributed by atoms with E-state index in [1.165, 1.54) is 0 Å². The maximum atomic E-state index is 12.2. The van der Waals surface area contributed by atoms with Crippen LogP contribution in [0, 0.1) is 5.92 Å². The average Bonchev–Trinajstić information content (AvgIpc) is 2.12. The molecule has 0 bridgehead atoms. The number of hydrogen-bond donors (Lipinski definition) is 1. The van der Waals surface area contributed by atoms with Crippen LogP contribution in [0.25, 0.3) is 0 Å². The molecule has 0 aromatic heterocycles. The van der Waals surface area contributed by atoms with Gasteiger partial charge in [-0.3, -0.25) is 4.79 Å². The first-order chi connectivity index (χ1) is 7.29. The van der Waals surface area contributed by atoms with Crippen LogP contribution < -0.4 is 0 Å². The third-order valence-corrected chi connectivity index (χ3v) is 2.20. The second-order valence-corrected chi connectivity index (χ2v) is 3.72. The predicted octanol–water partition coefficient (Wildman–Crippen LogP) is 2.84. The molecule has 0 aromatic rings. The number of unbranched alkanes of at least 4 members (excludes halogenated alkanes) is 1. The summed E-state index contributed by atoms with van der Waals surface area (Å²) in [4.78, 5) is 10.4. The monoisotopic (exact) mass is 242 g/mol. The van der Waals surface area contributed by atoms with Crippen LogP contribution >= 0.6 is 0 Å². The first-order valence-electron chi connectivity index (χ1n) is 5.20. The molecule has 0 fully saturated rings. The highest BCUT2D eigenvalue weighted by Gasteiger charge is 2.45. The van der Waals surface area contributed by atoms with Crippen molar-refractivity contribution in [3.05, 3.63) is 0 Å². The number of hydrogen-bond acceptors (Lipinski definition) is 2. The Hall–Kier alpha value is -0.780. The Morgan fingerprint density at radius 2 is 2.00 bits per heavy atom. The molecule has 16 heavy (non-hydrogen) atoms. The topological polar surface area (TPSA) is 46.5 Å². The van der Waals surface area contributed by atoms with Gasteiger partial charge in [0.05, 0.1) is 12.7 Å². The summed E-state index contributed by atoms with van der Waals surface area (Å²) in [5, 5.41) is 8.40. The molecule has 0 spiro atoms. The molecule has 2 unspecified atom stereocenters. The lowest BCUT2D eigenvalue weighted by Gasteiger charge is -2.19. The molecule has 0 saturated carbocycles. The number of alkyl halides is 3. The highest BCUT2D eigenvalue weighted by atomic mass is 19.4. The van der Waals surface area contributed by atoms with Crippen LogP contribution in [0.4, 0.5) is 13.2 Å². The van der Waals surface area contributed by atoms with E-state index in [2.05, 4.69) is 0 Å². The van der Waals surface area contributed by atoms with Crippen LogP contribution in [-0.4, -0.2) is 30.0 Å². The molecule has 0 aliphatic rings. The summed E-state index contributed by atoms with van der Waals surface area (Å²) < 4.78 is 41.5. The zero-order chi connectivity index (χ0) is 12.8. The van der Waals surface area contributed by atoms with E-state index in [1.54, 1.807) is 6.92 Å². The van der Waals surface area contributed by atoms with Crippen LogP contribution in [0.5, 0.6) is 0 Å². The van der Waals surface area contributed by atoms with Gasteiger partial charge >= 0.3 is 12.1 Å². The van der Waals surface area contributed by atoms with Crippen molar-refractivity contribution in [1.82, 2.24) is 0 Å². The summed E-state index contributed by atoms with van der Waals surface area (Å²) in [6.07, 6.45) is -2.68. The number of ether oxygens (including phenoxy) is 1. The Kier molecular flexibility index (Phi) is 6.40. The molecular formula is C10H17F3O3. The molecule has 1 N–H and O–H groups in total. The third kappa shape index (κ3) is 5.95. The first kappa shape index (κ1) is 15.2. The Bertz CT molecular complexity index is 216. The number of halogens is 3. The van der Waals surface area contributed by atoms with Crippen LogP contribution in [-0.2, 0) is 9.53 Å². The van der Waals surface area contributed by atoms with Crippen molar-refractivity contribution in [3.8, 4) is 0 Å². The predicted molar refractivity (Wildman–Crippen MR) is 52.1 cm³/mol. The SMILES string of the molecule is CCCCC(C)OCC(C(=O)O)C(F)(F)F. The maximum absolute atomic E-state index is 12.2. The molecule has 0 aliphatic carbocycles. The highest BCUT2D eigenvalue weighted by molar-refractivity contribution is 5.71. The molecule has 0 rings (SSSR count). The van der Waals surface area contributed by atoms with E-state index in [1.807, 2.05) is 6.92 Å². The summed E-state index contributed by atoms with van der Waals surface area (Å²) in [6, 6.07) is 0. The van der Waals surface area contributed by atoms with Gasteiger partial charge in [0.15, 0.2) is 5.92 Å². The van der Waals surface area contributed by atoms with E-state index < -0.39 is 24.7 Å². The summed E-state index contributed by atoms with van der Waals surface area (Å²) >= 11 is 0. The Balaban J connectivity index is 4.08. The van der Waals surface area contributed by atoms with E-state index in [9.17, 15) is 18.0 Å². The zero-order valence-corrected chi connectivity index (χ0v) is 9.38. The van der Waals surface area contributed by atoms with Gasteiger partial charge < -0.3 is 9.84 Å². The maximum Gasteiger partial charge on any atom is 0.404 e. The smallest absolute Gasteiger partial charge is 0.404 e. The number of carboxylic acid groups (broad SMARTS) is 1. The number of carbonyl (C=O) groups is 1. The zero-order valence-electron chi connectivity index (χ0n) is 9.38. The summed E-state index contributed by atoms with van der Waals surface area (Å²) in [7, 11) is 0. The molecule has 0 aromatic carbocycles. The minimum absolute atomic E-state index is 0.343. The van der Waals surface area contributed by atoms with E-state index in [0.717, 1.165) is 12.8 Å². The third-order valence-electron chi connectivity index (χ3n) is 2.20. The van der Waals surface area contributed by atoms with Crippen LogP contribution in [0.3, 0.4) is 0 Å². The minimum Gasteiger partial charge on any atom is -0.481 e. The van der Waals surface area contributed by atoms with E-state index in [0.29, 0.717) is 6.42 Å². The van der Waals surface area contributed by atoms with Gasteiger partial charge in [-0.25, -0.2) is 0 Å². The largest absolute Gasteiger partial charge is 0.481 e. The highest BCUT2D eigenvalue weighted by Crippen LogP contribution is 2.27. The lowest BCUT2D eigenvalue weighted by atomic mass is 10.1. The molecular weight excluding hydrogens is 225 g/mol.